The SMILES string of the molecule is C[C@@H](C=O)NC(=O)CNC(=O)CCCC(N)=O. The van der Waals surface area contributed by atoms with Crippen molar-refractivity contribution in [3.8, 4) is 0 Å². The zero-order valence-electron chi connectivity index (χ0n) is 9.69. The van der Waals surface area contributed by atoms with E-state index in [0.717, 1.165) is 0 Å². The van der Waals surface area contributed by atoms with Crippen LogP contribution in [0.4, 0.5) is 0 Å². The molecule has 1 atom stereocenters. The van der Waals surface area contributed by atoms with Gasteiger partial charge in [0.25, 0.3) is 0 Å². The quantitative estimate of drug-likeness (QED) is 0.448. The summed E-state index contributed by atoms with van der Waals surface area (Å²) in [5.74, 6) is -1.23. The molecule has 0 aliphatic rings. The van der Waals surface area contributed by atoms with Crippen molar-refractivity contribution in [2.75, 3.05) is 6.54 Å². The Morgan fingerprint density at radius 1 is 1.24 bits per heavy atom. The summed E-state index contributed by atoms with van der Waals surface area (Å²) in [6, 6.07) is -0.575. The van der Waals surface area contributed by atoms with Crippen molar-refractivity contribution in [2.24, 2.45) is 5.73 Å². The van der Waals surface area contributed by atoms with Gasteiger partial charge in [0, 0.05) is 12.8 Å². The minimum absolute atomic E-state index is 0.138. The number of nitrogens with one attached hydrogen (secondary N) is 2. The molecule has 96 valence electrons. The number of primary amides is 1. The van der Waals surface area contributed by atoms with Crippen molar-refractivity contribution in [3.05, 3.63) is 0 Å². The summed E-state index contributed by atoms with van der Waals surface area (Å²) in [6.45, 7) is 1.34. The van der Waals surface area contributed by atoms with Crippen molar-refractivity contribution in [1.29, 1.82) is 0 Å². The van der Waals surface area contributed by atoms with Gasteiger partial charge in [-0.25, -0.2) is 0 Å². The van der Waals surface area contributed by atoms with E-state index in [9.17, 15) is 19.2 Å². The van der Waals surface area contributed by atoms with Gasteiger partial charge < -0.3 is 21.2 Å². The first-order chi connectivity index (χ1) is 7.95. The van der Waals surface area contributed by atoms with Crippen LogP contribution in [0.1, 0.15) is 26.2 Å². The Morgan fingerprint density at radius 3 is 2.41 bits per heavy atom. The number of nitrogens with two attached hydrogens (primary N) is 1. The molecule has 0 spiro atoms. The Labute approximate surface area is 99.1 Å². The molecule has 0 rings (SSSR count). The smallest absolute Gasteiger partial charge is 0.239 e. The van der Waals surface area contributed by atoms with Gasteiger partial charge in [-0.1, -0.05) is 0 Å². The van der Waals surface area contributed by atoms with Gasteiger partial charge in [0.15, 0.2) is 0 Å². The summed E-state index contributed by atoms with van der Waals surface area (Å²) in [5.41, 5.74) is 4.90. The van der Waals surface area contributed by atoms with E-state index < -0.39 is 17.9 Å². The summed E-state index contributed by atoms with van der Waals surface area (Å²) >= 11 is 0. The van der Waals surface area contributed by atoms with Crippen molar-refractivity contribution in [3.63, 3.8) is 0 Å². The monoisotopic (exact) mass is 243 g/mol. The average molecular weight is 243 g/mol. The largest absolute Gasteiger partial charge is 0.370 e. The topological polar surface area (TPSA) is 118 Å². The lowest BCUT2D eigenvalue weighted by molar-refractivity contribution is -0.127. The van der Waals surface area contributed by atoms with E-state index in [2.05, 4.69) is 10.6 Å². The van der Waals surface area contributed by atoms with Crippen LogP contribution in [0.2, 0.25) is 0 Å². The van der Waals surface area contributed by atoms with Crippen LogP contribution < -0.4 is 16.4 Å². The maximum atomic E-state index is 11.2. The van der Waals surface area contributed by atoms with Crippen LogP contribution in [0.25, 0.3) is 0 Å². The number of hydrogen-bond acceptors (Lipinski definition) is 4. The van der Waals surface area contributed by atoms with Crippen LogP contribution in [0.15, 0.2) is 0 Å². The van der Waals surface area contributed by atoms with E-state index >= 15 is 0 Å². The van der Waals surface area contributed by atoms with E-state index in [1.807, 2.05) is 0 Å². The number of aldehydes is 1. The standard InChI is InChI=1S/C10H17N3O4/c1-7(6-14)13-10(17)5-12-9(16)4-2-3-8(11)15/h6-7H,2-5H2,1H3,(H2,11,15)(H,12,16)(H,13,17)/t7-/m0/s1. The van der Waals surface area contributed by atoms with Crippen molar-refractivity contribution in [2.45, 2.75) is 32.2 Å². The van der Waals surface area contributed by atoms with Gasteiger partial charge >= 0.3 is 0 Å². The van der Waals surface area contributed by atoms with Gasteiger partial charge in [-0.2, -0.15) is 0 Å². The van der Waals surface area contributed by atoms with Crippen LogP contribution in [-0.4, -0.2) is 36.6 Å². The van der Waals surface area contributed by atoms with Crippen molar-refractivity contribution < 1.29 is 19.2 Å². The Bertz CT molecular complexity index is 304. The zero-order chi connectivity index (χ0) is 13.3. The second-order valence-electron chi connectivity index (χ2n) is 3.59. The highest BCUT2D eigenvalue weighted by Crippen LogP contribution is 1.93. The Morgan fingerprint density at radius 2 is 1.88 bits per heavy atom. The molecule has 7 heteroatoms. The van der Waals surface area contributed by atoms with Gasteiger partial charge in [0.1, 0.15) is 6.29 Å². The summed E-state index contributed by atoms with van der Waals surface area (Å²) in [6.07, 6.45) is 1.22. The van der Waals surface area contributed by atoms with Crippen LogP contribution >= 0.6 is 0 Å². The molecule has 0 bridgehead atoms. The lowest BCUT2D eigenvalue weighted by Gasteiger charge is -2.08. The van der Waals surface area contributed by atoms with Gasteiger partial charge in [-0.05, 0) is 13.3 Å². The molecular formula is C10H17N3O4. The van der Waals surface area contributed by atoms with Gasteiger partial charge in [-0.3, -0.25) is 14.4 Å². The first-order valence-electron chi connectivity index (χ1n) is 5.25. The molecular weight excluding hydrogens is 226 g/mol. The maximum Gasteiger partial charge on any atom is 0.239 e. The molecule has 0 unspecified atom stereocenters. The molecule has 17 heavy (non-hydrogen) atoms. The number of carbonyl (C=O) groups excluding carboxylic acids is 4. The molecule has 0 aliphatic heterocycles. The fourth-order valence-corrected chi connectivity index (χ4v) is 1.03. The van der Waals surface area contributed by atoms with Crippen molar-refractivity contribution in [1.82, 2.24) is 10.6 Å². The zero-order valence-corrected chi connectivity index (χ0v) is 9.69. The predicted molar refractivity (Wildman–Crippen MR) is 59.7 cm³/mol. The fourth-order valence-electron chi connectivity index (χ4n) is 1.03. The summed E-state index contributed by atoms with van der Waals surface area (Å²) in [5, 5.41) is 4.73. The number of amides is 3. The van der Waals surface area contributed by atoms with E-state index in [1.54, 1.807) is 0 Å². The summed E-state index contributed by atoms with van der Waals surface area (Å²) in [4.78, 5) is 42.9. The molecule has 4 N–H and O–H groups in total. The van der Waals surface area contributed by atoms with E-state index in [4.69, 9.17) is 5.73 Å². The molecule has 0 aliphatic carbocycles. The highest BCUT2D eigenvalue weighted by molar-refractivity contribution is 5.86. The third-order valence-electron chi connectivity index (χ3n) is 1.87. The lowest BCUT2D eigenvalue weighted by atomic mass is 10.2. The molecule has 0 saturated heterocycles. The molecule has 0 saturated carbocycles. The minimum Gasteiger partial charge on any atom is -0.370 e. The fraction of sp³-hybridized carbons (Fsp3) is 0.600. The molecule has 0 aromatic heterocycles. The van der Waals surface area contributed by atoms with Gasteiger partial charge in [0.05, 0.1) is 12.6 Å². The lowest BCUT2D eigenvalue weighted by Crippen LogP contribution is -2.41. The summed E-state index contributed by atoms with van der Waals surface area (Å²) < 4.78 is 0. The second kappa shape index (κ2) is 8.26. The second-order valence-corrected chi connectivity index (χ2v) is 3.59. The first kappa shape index (κ1) is 15.1. The molecule has 0 fully saturated rings. The molecule has 0 aromatic rings. The van der Waals surface area contributed by atoms with Crippen molar-refractivity contribution >= 4 is 24.0 Å². The van der Waals surface area contributed by atoms with Gasteiger partial charge in [-0.15, -0.1) is 0 Å². The first-order valence-corrected chi connectivity index (χ1v) is 5.25. The van der Waals surface area contributed by atoms with E-state index in [-0.39, 0.29) is 25.3 Å². The van der Waals surface area contributed by atoms with Gasteiger partial charge in [0.2, 0.25) is 17.7 Å². The molecule has 0 aromatic carbocycles. The van der Waals surface area contributed by atoms with Crippen LogP contribution in [0.5, 0.6) is 0 Å². The Kier molecular flexibility index (Phi) is 7.32. The van der Waals surface area contributed by atoms with Crippen LogP contribution in [0.3, 0.4) is 0 Å². The highest BCUT2D eigenvalue weighted by atomic mass is 16.2. The maximum absolute atomic E-state index is 11.2. The number of hydrogen-bond donors (Lipinski definition) is 3. The molecule has 0 heterocycles. The number of carbonyl (C=O) groups is 4. The summed E-state index contributed by atoms with van der Waals surface area (Å²) in [7, 11) is 0. The predicted octanol–water partition coefficient (Wildman–Crippen LogP) is -1.54. The number of rotatable bonds is 8. The third-order valence-corrected chi connectivity index (χ3v) is 1.87. The Balaban J connectivity index is 3.65. The van der Waals surface area contributed by atoms with Crippen LogP contribution in [0, 0.1) is 0 Å². The molecule has 3 amide bonds. The normalized spacial score (nSPS) is 11.4. The van der Waals surface area contributed by atoms with E-state index in [1.165, 1.54) is 6.92 Å². The van der Waals surface area contributed by atoms with Crippen LogP contribution in [-0.2, 0) is 19.2 Å². The molecule has 0 radical (unpaired) electrons. The van der Waals surface area contributed by atoms with E-state index in [0.29, 0.717) is 12.7 Å². The third kappa shape index (κ3) is 9.04. The Hall–Kier alpha value is -1.92. The minimum atomic E-state index is -0.575. The molecule has 7 nitrogen and oxygen atoms in total. The average Bonchev–Trinajstić information content (AvgIpc) is 2.25. The highest BCUT2D eigenvalue weighted by Gasteiger charge is 2.08.